The number of thiazole rings is 1. The highest BCUT2D eigenvalue weighted by atomic mass is 35.5. The van der Waals surface area contributed by atoms with Crippen LogP contribution < -0.4 is 0 Å². The molecule has 21 heavy (non-hydrogen) atoms. The van der Waals surface area contributed by atoms with Crippen molar-refractivity contribution in [1.82, 2.24) is 9.97 Å². The van der Waals surface area contributed by atoms with Crippen LogP contribution in [0.4, 0.5) is 4.39 Å². The van der Waals surface area contributed by atoms with E-state index in [2.05, 4.69) is 16.9 Å². The van der Waals surface area contributed by atoms with Crippen LogP contribution >= 0.6 is 22.9 Å². The highest BCUT2D eigenvalue weighted by Gasteiger charge is 2.14. The molecule has 0 aliphatic heterocycles. The van der Waals surface area contributed by atoms with Crippen molar-refractivity contribution in [2.75, 3.05) is 0 Å². The van der Waals surface area contributed by atoms with E-state index in [1.165, 1.54) is 12.1 Å². The number of benzene rings is 1. The van der Waals surface area contributed by atoms with Gasteiger partial charge in [-0.2, -0.15) is 0 Å². The SMILES string of the molecule is CCc1nc(-c2ccc(F)cc2)c(-c2ccnc(Cl)c2)s1. The highest BCUT2D eigenvalue weighted by Crippen LogP contribution is 2.37. The maximum atomic E-state index is 13.1. The van der Waals surface area contributed by atoms with Crippen LogP contribution in [0.1, 0.15) is 11.9 Å². The number of aryl methyl sites for hydroxylation is 1. The van der Waals surface area contributed by atoms with Gasteiger partial charge in [-0.3, -0.25) is 0 Å². The van der Waals surface area contributed by atoms with Crippen molar-refractivity contribution >= 4 is 22.9 Å². The molecule has 3 rings (SSSR count). The molecule has 0 bridgehead atoms. The molecule has 0 N–H and O–H groups in total. The second kappa shape index (κ2) is 5.92. The number of halogens is 2. The fourth-order valence-electron chi connectivity index (χ4n) is 2.06. The van der Waals surface area contributed by atoms with Gasteiger partial charge in [-0.05, 0) is 48.4 Å². The highest BCUT2D eigenvalue weighted by molar-refractivity contribution is 7.15. The van der Waals surface area contributed by atoms with Crippen molar-refractivity contribution in [1.29, 1.82) is 0 Å². The molecule has 0 amide bonds. The topological polar surface area (TPSA) is 25.8 Å². The minimum atomic E-state index is -0.252. The predicted octanol–water partition coefficient (Wildman–Crippen LogP) is 5.23. The van der Waals surface area contributed by atoms with Crippen LogP contribution in [0.2, 0.25) is 5.15 Å². The summed E-state index contributed by atoms with van der Waals surface area (Å²) >= 11 is 7.61. The van der Waals surface area contributed by atoms with Gasteiger partial charge < -0.3 is 0 Å². The van der Waals surface area contributed by atoms with E-state index in [4.69, 9.17) is 11.6 Å². The van der Waals surface area contributed by atoms with Crippen molar-refractivity contribution in [2.45, 2.75) is 13.3 Å². The van der Waals surface area contributed by atoms with Crippen molar-refractivity contribution in [2.24, 2.45) is 0 Å². The molecule has 5 heteroatoms. The fraction of sp³-hybridized carbons (Fsp3) is 0.125. The first-order valence-corrected chi connectivity index (χ1v) is 7.74. The first-order chi connectivity index (χ1) is 10.2. The van der Waals surface area contributed by atoms with E-state index in [1.807, 2.05) is 12.1 Å². The molecule has 0 saturated heterocycles. The Hall–Kier alpha value is -1.78. The minimum absolute atomic E-state index is 0.252. The maximum Gasteiger partial charge on any atom is 0.129 e. The normalized spacial score (nSPS) is 10.8. The average Bonchev–Trinajstić information content (AvgIpc) is 2.92. The van der Waals surface area contributed by atoms with Gasteiger partial charge in [0.15, 0.2) is 0 Å². The third-order valence-corrected chi connectivity index (χ3v) is 4.54. The summed E-state index contributed by atoms with van der Waals surface area (Å²) in [5.74, 6) is -0.252. The Bertz CT molecular complexity index is 768. The van der Waals surface area contributed by atoms with Crippen molar-refractivity contribution in [3.8, 4) is 21.7 Å². The molecular formula is C16H12ClFN2S. The standard InChI is InChI=1S/C16H12ClFN2S/c1-2-14-20-15(10-3-5-12(18)6-4-10)16(21-14)11-7-8-19-13(17)9-11/h3-9H,2H2,1H3. The molecular weight excluding hydrogens is 307 g/mol. The number of nitrogens with zero attached hydrogens (tertiary/aromatic N) is 2. The van der Waals surface area contributed by atoms with Gasteiger partial charge >= 0.3 is 0 Å². The zero-order valence-electron chi connectivity index (χ0n) is 11.3. The first-order valence-electron chi connectivity index (χ1n) is 6.55. The van der Waals surface area contributed by atoms with Crippen LogP contribution in [0.25, 0.3) is 21.7 Å². The van der Waals surface area contributed by atoms with Crippen molar-refractivity contribution < 1.29 is 4.39 Å². The first kappa shape index (κ1) is 14.2. The van der Waals surface area contributed by atoms with Crippen LogP contribution in [0.3, 0.4) is 0 Å². The van der Waals surface area contributed by atoms with Gasteiger partial charge in [0.1, 0.15) is 11.0 Å². The van der Waals surface area contributed by atoms with E-state index in [1.54, 1.807) is 29.7 Å². The third-order valence-electron chi connectivity index (χ3n) is 3.08. The minimum Gasteiger partial charge on any atom is -0.245 e. The van der Waals surface area contributed by atoms with Gasteiger partial charge in [0.05, 0.1) is 15.6 Å². The number of rotatable bonds is 3. The molecule has 0 spiro atoms. The summed E-state index contributed by atoms with van der Waals surface area (Å²) in [6.45, 7) is 2.07. The second-order valence-electron chi connectivity index (χ2n) is 4.51. The second-order valence-corrected chi connectivity index (χ2v) is 5.98. The lowest BCUT2D eigenvalue weighted by atomic mass is 10.1. The van der Waals surface area contributed by atoms with E-state index in [9.17, 15) is 4.39 Å². The Morgan fingerprint density at radius 1 is 1.14 bits per heavy atom. The Kier molecular flexibility index (Phi) is 3.99. The van der Waals surface area contributed by atoms with Gasteiger partial charge in [-0.1, -0.05) is 18.5 Å². The predicted molar refractivity (Wildman–Crippen MR) is 85.1 cm³/mol. The molecule has 0 fully saturated rings. The Labute approximate surface area is 131 Å². The molecule has 2 aromatic heterocycles. The number of pyridine rings is 1. The van der Waals surface area contributed by atoms with Crippen molar-refractivity contribution in [3.63, 3.8) is 0 Å². The van der Waals surface area contributed by atoms with E-state index in [0.29, 0.717) is 5.15 Å². The van der Waals surface area contributed by atoms with E-state index < -0.39 is 0 Å². The maximum absolute atomic E-state index is 13.1. The summed E-state index contributed by atoms with van der Waals surface area (Å²) in [6, 6.07) is 10.1. The van der Waals surface area contributed by atoms with Crippen LogP contribution in [0.15, 0.2) is 42.6 Å². The molecule has 0 atom stereocenters. The molecule has 0 aliphatic carbocycles. The molecule has 0 saturated carbocycles. The van der Waals surface area contributed by atoms with Gasteiger partial charge in [0.2, 0.25) is 0 Å². The van der Waals surface area contributed by atoms with Gasteiger partial charge in [0.25, 0.3) is 0 Å². The quantitative estimate of drug-likeness (QED) is 0.618. The van der Waals surface area contributed by atoms with Crippen LogP contribution in [-0.2, 0) is 6.42 Å². The lowest BCUT2D eigenvalue weighted by Gasteiger charge is -2.03. The summed E-state index contributed by atoms with van der Waals surface area (Å²) in [6.07, 6.45) is 2.54. The molecule has 2 nitrogen and oxygen atoms in total. The van der Waals surface area contributed by atoms with Gasteiger partial charge in [-0.25, -0.2) is 14.4 Å². The number of hydrogen-bond acceptors (Lipinski definition) is 3. The van der Waals surface area contributed by atoms with Crippen molar-refractivity contribution in [3.05, 3.63) is 58.6 Å². The molecule has 0 aliphatic rings. The summed E-state index contributed by atoms with van der Waals surface area (Å²) in [5, 5.41) is 1.49. The molecule has 106 valence electrons. The molecule has 0 radical (unpaired) electrons. The van der Waals surface area contributed by atoms with E-state index >= 15 is 0 Å². The largest absolute Gasteiger partial charge is 0.245 e. The van der Waals surface area contributed by atoms with Crippen LogP contribution in [-0.4, -0.2) is 9.97 Å². The average molecular weight is 319 g/mol. The molecule has 3 aromatic rings. The summed E-state index contributed by atoms with van der Waals surface area (Å²) < 4.78 is 13.1. The Morgan fingerprint density at radius 2 is 1.90 bits per heavy atom. The summed E-state index contributed by atoms with van der Waals surface area (Å²) in [4.78, 5) is 9.70. The molecule has 2 heterocycles. The summed E-state index contributed by atoms with van der Waals surface area (Å²) in [7, 11) is 0. The summed E-state index contributed by atoms with van der Waals surface area (Å²) in [5.41, 5.74) is 2.74. The molecule has 0 unspecified atom stereocenters. The lowest BCUT2D eigenvalue weighted by molar-refractivity contribution is 0.628. The van der Waals surface area contributed by atoms with E-state index in [-0.39, 0.29) is 5.82 Å². The Morgan fingerprint density at radius 3 is 2.57 bits per heavy atom. The third kappa shape index (κ3) is 2.96. The zero-order valence-corrected chi connectivity index (χ0v) is 12.9. The number of hydrogen-bond donors (Lipinski definition) is 0. The van der Waals surface area contributed by atoms with Crippen LogP contribution in [0, 0.1) is 5.82 Å². The Balaban J connectivity index is 2.16. The van der Waals surface area contributed by atoms with Gasteiger partial charge in [0, 0.05) is 11.8 Å². The number of aromatic nitrogens is 2. The smallest absolute Gasteiger partial charge is 0.129 e. The van der Waals surface area contributed by atoms with Gasteiger partial charge in [-0.15, -0.1) is 11.3 Å². The lowest BCUT2D eigenvalue weighted by Crippen LogP contribution is -1.85. The monoisotopic (exact) mass is 318 g/mol. The zero-order chi connectivity index (χ0) is 14.8. The molecule has 1 aromatic carbocycles. The fourth-order valence-corrected chi connectivity index (χ4v) is 3.25. The van der Waals surface area contributed by atoms with E-state index in [0.717, 1.165) is 33.1 Å². The van der Waals surface area contributed by atoms with Crippen LogP contribution in [0.5, 0.6) is 0 Å².